The third-order valence-electron chi connectivity index (χ3n) is 2.58. The zero-order valence-corrected chi connectivity index (χ0v) is 10.8. The van der Waals surface area contributed by atoms with Crippen LogP contribution in [-0.4, -0.2) is 33.6 Å². The van der Waals surface area contributed by atoms with Crippen LogP contribution >= 0.6 is 15.9 Å². The molecule has 0 aromatic carbocycles. The highest BCUT2D eigenvalue weighted by atomic mass is 79.9. The highest BCUT2D eigenvalue weighted by molar-refractivity contribution is 9.10. The molecule has 1 saturated carbocycles. The van der Waals surface area contributed by atoms with Crippen molar-refractivity contribution in [1.82, 2.24) is 4.98 Å². The van der Waals surface area contributed by atoms with Crippen LogP contribution in [0.5, 0.6) is 0 Å². The lowest BCUT2D eigenvalue weighted by atomic mass is 10.3. The predicted octanol–water partition coefficient (Wildman–Crippen LogP) is 1.81. The first-order chi connectivity index (χ1) is 8.49. The molecule has 2 rings (SSSR count). The molecule has 0 atom stereocenters. The summed E-state index contributed by atoms with van der Waals surface area (Å²) in [6, 6.07) is 1.49. The van der Waals surface area contributed by atoms with Gasteiger partial charge in [0.2, 0.25) is 0 Å². The maximum absolute atomic E-state index is 10.8. The van der Waals surface area contributed by atoms with E-state index in [1.54, 1.807) is 4.90 Å². The number of hydrogen-bond acceptors (Lipinski definition) is 5. The van der Waals surface area contributed by atoms with E-state index in [9.17, 15) is 14.9 Å². The molecule has 0 saturated heterocycles. The van der Waals surface area contributed by atoms with Gasteiger partial charge in [-0.3, -0.25) is 14.9 Å². The molecular formula is C10H10BrN3O4. The van der Waals surface area contributed by atoms with Gasteiger partial charge in [0.05, 0.1) is 9.40 Å². The Morgan fingerprint density at radius 3 is 2.78 bits per heavy atom. The SMILES string of the molecule is O=C(O)CN(c1ncc([N+](=O)[O-])cc1Br)C1CC1. The zero-order chi connectivity index (χ0) is 13.3. The quantitative estimate of drug-likeness (QED) is 0.657. The van der Waals surface area contributed by atoms with Crippen LogP contribution in [-0.2, 0) is 4.79 Å². The number of aromatic nitrogens is 1. The third kappa shape index (κ3) is 2.76. The van der Waals surface area contributed by atoms with Gasteiger partial charge in [-0.1, -0.05) is 0 Å². The van der Waals surface area contributed by atoms with Crippen LogP contribution in [0.4, 0.5) is 11.5 Å². The molecule has 7 nitrogen and oxygen atoms in total. The van der Waals surface area contributed by atoms with E-state index in [4.69, 9.17) is 5.11 Å². The summed E-state index contributed by atoms with van der Waals surface area (Å²) in [5, 5.41) is 19.5. The normalized spacial score (nSPS) is 14.3. The fraction of sp³-hybridized carbons (Fsp3) is 0.400. The molecule has 1 aliphatic rings. The van der Waals surface area contributed by atoms with Gasteiger partial charge in [-0.05, 0) is 28.8 Å². The first-order valence-electron chi connectivity index (χ1n) is 5.27. The van der Waals surface area contributed by atoms with E-state index in [0.717, 1.165) is 19.0 Å². The van der Waals surface area contributed by atoms with Crippen molar-refractivity contribution >= 4 is 33.4 Å². The van der Waals surface area contributed by atoms with E-state index < -0.39 is 10.9 Å². The molecule has 18 heavy (non-hydrogen) atoms. The average molecular weight is 316 g/mol. The summed E-state index contributed by atoms with van der Waals surface area (Å²) >= 11 is 3.20. The standard InChI is InChI=1S/C10H10BrN3O4/c11-8-3-7(14(17)18)4-12-10(8)13(5-9(15)16)6-1-2-6/h3-4,6H,1-2,5H2,(H,15,16). The van der Waals surface area contributed by atoms with Gasteiger partial charge in [0.1, 0.15) is 18.6 Å². The Balaban J connectivity index is 2.30. The van der Waals surface area contributed by atoms with Crippen molar-refractivity contribution in [1.29, 1.82) is 0 Å². The number of pyridine rings is 1. The first kappa shape index (κ1) is 12.7. The number of anilines is 1. The lowest BCUT2D eigenvalue weighted by Crippen LogP contribution is -2.32. The van der Waals surface area contributed by atoms with Crippen LogP contribution in [0.1, 0.15) is 12.8 Å². The van der Waals surface area contributed by atoms with Crippen LogP contribution in [0.3, 0.4) is 0 Å². The number of carbonyl (C=O) groups is 1. The summed E-state index contributed by atoms with van der Waals surface area (Å²) in [7, 11) is 0. The Hall–Kier alpha value is -1.70. The molecule has 1 fully saturated rings. The second kappa shape index (κ2) is 4.89. The predicted molar refractivity (Wildman–Crippen MR) is 66.6 cm³/mol. The first-order valence-corrected chi connectivity index (χ1v) is 6.06. The van der Waals surface area contributed by atoms with E-state index in [2.05, 4.69) is 20.9 Å². The highest BCUT2D eigenvalue weighted by Gasteiger charge is 2.32. The maximum Gasteiger partial charge on any atom is 0.323 e. The Bertz CT molecular complexity index is 504. The Labute approximate surface area is 111 Å². The molecule has 0 spiro atoms. The van der Waals surface area contributed by atoms with Gasteiger partial charge in [0.25, 0.3) is 5.69 Å². The Morgan fingerprint density at radius 2 is 2.33 bits per heavy atom. The van der Waals surface area contributed by atoms with E-state index in [-0.39, 0.29) is 18.3 Å². The van der Waals surface area contributed by atoms with Crippen LogP contribution in [0.15, 0.2) is 16.7 Å². The average Bonchev–Trinajstić information content (AvgIpc) is 3.09. The monoisotopic (exact) mass is 315 g/mol. The Kier molecular flexibility index (Phi) is 3.46. The topological polar surface area (TPSA) is 96.6 Å². The molecule has 8 heteroatoms. The van der Waals surface area contributed by atoms with Gasteiger partial charge in [0.15, 0.2) is 0 Å². The van der Waals surface area contributed by atoms with Crippen LogP contribution in [0.25, 0.3) is 0 Å². The maximum atomic E-state index is 10.8. The zero-order valence-electron chi connectivity index (χ0n) is 9.24. The molecular weight excluding hydrogens is 306 g/mol. The molecule has 1 aliphatic carbocycles. The van der Waals surface area contributed by atoms with E-state index in [1.807, 2.05) is 0 Å². The van der Waals surface area contributed by atoms with Crippen molar-refractivity contribution in [2.75, 3.05) is 11.4 Å². The van der Waals surface area contributed by atoms with Crippen molar-refractivity contribution in [3.63, 3.8) is 0 Å². The van der Waals surface area contributed by atoms with Crippen LogP contribution in [0, 0.1) is 10.1 Å². The molecule has 0 aliphatic heterocycles. The number of rotatable bonds is 5. The minimum atomic E-state index is -0.950. The molecule has 96 valence electrons. The second-order valence-corrected chi connectivity index (χ2v) is 4.86. The smallest absolute Gasteiger partial charge is 0.323 e. The molecule has 0 radical (unpaired) electrons. The summed E-state index contributed by atoms with van der Waals surface area (Å²) in [5.41, 5.74) is -0.128. The Morgan fingerprint density at radius 1 is 1.67 bits per heavy atom. The molecule has 0 amide bonds. The molecule has 1 N–H and O–H groups in total. The summed E-state index contributed by atoms with van der Waals surface area (Å²) in [4.78, 5) is 26.5. The van der Waals surface area contributed by atoms with E-state index in [1.165, 1.54) is 6.07 Å². The van der Waals surface area contributed by atoms with Gasteiger partial charge in [-0.25, -0.2) is 4.98 Å². The summed E-state index contributed by atoms with van der Waals surface area (Å²) in [6.45, 7) is -0.159. The highest BCUT2D eigenvalue weighted by Crippen LogP contribution is 2.35. The summed E-state index contributed by atoms with van der Waals surface area (Å²) in [5.74, 6) is -0.514. The second-order valence-electron chi connectivity index (χ2n) is 4.01. The largest absolute Gasteiger partial charge is 0.480 e. The van der Waals surface area contributed by atoms with Crippen molar-refractivity contribution < 1.29 is 14.8 Å². The number of nitrogens with zero attached hydrogens (tertiary/aromatic N) is 3. The van der Waals surface area contributed by atoms with Crippen molar-refractivity contribution in [3.05, 3.63) is 26.9 Å². The van der Waals surface area contributed by atoms with Gasteiger partial charge < -0.3 is 10.0 Å². The van der Waals surface area contributed by atoms with Crippen LogP contribution in [0.2, 0.25) is 0 Å². The number of carboxylic acid groups (broad SMARTS) is 1. The minimum Gasteiger partial charge on any atom is -0.480 e. The lowest BCUT2D eigenvalue weighted by Gasteiger charge is -2.22. The van der Waals surface area contributed by atoms with E-state index >= 15 is 0 Å². The number of halogens is 1. The third-order valence-corrected chi connectivity index (χ3v) is 3.17. The lowest BCUT2D eigenvalue weighted by molar-refractivity contribution is -0.385. The molecule has 0 unspecified atom stereocenters. The summed E-state index contributed by atoms with van der Waals surface area (Å²) < 4.78 is 0.435. The van der Waals surface area contributed by atoms with Crippen molar-refractivity contribution in [2.24, 2.45) is 0 Å². The molecule has 0 bridgehead atoms. The van der Waals surface area contributed by atoms with Gasteiger partial charge in [-0.15, -0.1) is 0 Å². The fourth-order valence-corrected chi connectivity index (χ4v) is 2.21. The molecule has 1 aromatic heterocycles. The van der Waals surface area contributed by atoms with Crippen molar-refractivity contribution in [2.45, 2.75) is 18.9 Å². The van der Waals surface area contributed by atoms with Gasteiger partial charge in [0, 0.05) is 12.1 Å². The van der Waals surface area contributed by atoms with E-state index in [0.29, 0.717) is 10.3 Å². The van der Waals surface area contributed by atoms with Crippen molar-refractivity contribution in [3.8, 4) is 0 Å². The molecule has 1 aromatic rings. The summed E-state index contributed by atoms with van der Waals surface area (Å²) in [6.07, 6.45) is 2.97. The number of aliphatic carboxylic acids is 1. The fourth-order valence-electron chi connectivity index (χ4n) is 1.64. The van der Waals surface area contributed by atoms with Crippen LogP contribution < -0.4 is 4.90 Å². The number of carboxylic acids is 1. The minimum absolute atomic E-state index is 0.128. The van der Waals surface area contributed by atoms with Gasteiger partial charge >= 0.3 is 5.97 Å². The number of hydrogen-bond donors (Lipinski definition) is 1. The molecule has 1 heterocycles. The number of nitro groups is 1. The van der Waals surface area contributed by atoms with Gasteiger partial charge in [-0.2, -0.15) is 0 Å².